The van der Waals surface area contributed by atoms with E-state index in [1.807, 2.05) is 24.3 Å². The Morgan fingerprint density at radius 1 is 0.667 bits per heavy atom. The summed E-state index contributed by atoms with van der Waals surface area (Å²) in [6.07, 6.45) is 0. The average Bonchev–Trinajstić information content (AvgIpc) is 3.76. The number of benzene rings is 3. The molecule has 1 aromatic heterocycles. The summed E-state index contributed by atoms with van der Waals surface area (Å²) in [5.41, 5.74) is 0.131. The first-order chi connectivity index (χ1) is 23.4. The lowest BCUT2D eigenvalue weighted by molar-refractivity contribution is 1.03. The summed E-state index contributed by atoms with van der Waals surface area (Å²) in [5.74, 6) is -0.801. The van der Waals surface area contributed by atoms with Crippen LogP contribution >= 0.6 is 0 Å². The van der Waals surface area contributed by atoms with Gasteiger partial charge < -0.3 is 0 Å². The normalized spacial score (nSPS) is 13.6. The van der Waals surface area contributed by atoms with Crippen molar-refractivity contribution >= 4 is 16.9 Å². The number of hydrogen-bond acceptors (Lipinski definition) is 12. The van der Waals surface area contributed by atoms with Crippen LogP contribution in [0.15, 0.2) is 79.8 Å². The van der Waals surface area contributed by atoms with Crippen molar-refractivity contribution in [1.29, 1.82) is 26.3 Å². The fourth-order valence-electron chi connectivity index (χ4n) is 4.69. The van der Waals surface area contributed by atoms with Gasteiger partial charge in [0, 0.05) is 16.7 Å². The van der Waals surface area contributed by atoms with E-state index in [9.17, 15) is 26.3 Å². The Balaban J connectivity index is 1.69. The molecule has 0 atom stereocenters. The van der Waals surface area contributed by atoms with Crippen molar-refractivity contribution in [3.05, 3.63) is 138 Å². The Hall–Kier alpha value is -8.73. The van der Waals surface area contributed by atoms with Gasteiger partial charge in [-0.15, -0.1) is 0 Å². The molecule has 0 spiro atoms. The molecule has 3 aromatic carbocycles. The van der Waals surface area contributed by atoms with Gasteiger partial charge in [-0.05, 0) is 30.3 Å². The molecule has 2 aliphatic heterocycles. The quantitative estimate of drug-likeness (QED) is 0.246. The number of allylic oxidation sites excluding steroid dienone is 2. The Morgan fingerprint density at radius 3 is 2.10 bits per heavy atom. The summed E-state index contributed by atoms with van der Waals surface area (Å²) >= 11 is 0. The Morgan fingerprint density at radius 2 is 1.44 bits per heavy atom. The summed E-state index contributed by atoms with van der Waals surface area (Å²) in [6, 6.07) is 19.8. The van der Waals surface area contributed by atoms with Gasteiger partial charge in [0.05, 0.1) is 59.1 Å². The van der Waals surface area contributed by atoms with Crippen molar-refractivity contribution in [3.63, 3.8) is 0 Å². The highest BCUT2D eigenvalue weighted by Gasteiger charge is 2.23. The van der Waals surface area contributed by atoms with E-state index in [0.29, 0.717) is 0 Å². The van der Waals surface area contributed by atoms with Crippen LogP contribution in [-0.2, 0) is 0 Å². The molecule has 0 unspecified atom stereocenters. The van der Waals surface area contributed by atoms with E-state index in [1.165, 1.54) is 42.5 Å². The van der Waals surface area contributed by atoms with Crippen LogP contribution < -0.4 is 21.4 Å². The summed E-state index contributed by atoms with van der Waals surface area (Å²) in [6.45, 7) is 22.2. The number of rotatable bonds is 3. The summed E-state index contributed by atoms with van der Waals surface area (Å²) < 4.78 is 0. The van der Waals surface area contributed by atoms with Gasteiger partial charge in [-0.25, -0.2) is 54.7 Å². The monoisotopic (exact) mass is 613 g/mol. The first kappa shape index (κ1) is 29.3. The first-order valence-corrected chi connectivity index (χ1v) is 13.1. The molecular weight excluding hydrogens is 606 g/mol. The highest BCUT2D eigenvalue weighted by Crippen LogP contribution is 2.29. The molecule has 0 saturated heterocycles. The Kier molecular flexibility index (Phi) is 7.18. The van der Waals surface area contributed by atoms with E-state index in [-0.39, 0.29) is 101 Å². The highest BCUT2D eigenvalue weighted by molar-refractivity contribution is 5.79. The maximum absolute atomic E-state index is 10.3. The fraction of sp³-hybridized carbons (Fsp3) is 0. The number of nitrogens with zero attached hydrogens (tertiary/aromatic N) is 15. The van der Waals surface area contributed by atoms with Crippen molar-refractivity contribution in [2.24, 2.45) is 20.0 Å². The van der Waals surface area contributed by atoms with Crippen molar-refractivity contribution in [1.82, 2.24) is 15.0 Å². The molecular formula is C33H7N15. The second kappa shape index (κ2) is 11.7. The van der Waals surface area contributed by atoms with Gasteiger partial charge >= 0.3 is 5.70 Å². The van der Waals surface area contributed by atoms with Crippen LogP contribution in [0, 0.1) is 76.4 Å². The van der Waals surface area contributed by atoms with E-state index in [0.717, 1.165) is 0 Å². The number of hydrogen-bond donors (Lipinski definition) is 0. The molecule has 15 heteroatoms. The fourth-order valence-corrected chi connectivity index (χ4v) is 4.69. The van der Waals surface area contributed by atoms with Crippen molar-refractivity contribution in [2.45, 2.75) is 0 Å². The van der Waals surface area contributed by atoms with E-state index < -0.39 is 0 Å². The predicted molar refractivity (Wildman–Crippen MR) is 160 cm³/mol. The maximum atomic E-state index is 10.3. The number of fused-ring (bicyclic) bond motifs is 2. The zero-order valence-corrected chi connectivity index (χ0v) is 23.7. The third-order valence-corrected chi connectivity index (χ3v) is 6.82. The zero-order valence-electron chi connectivity index (χ0n) is 23.7. The largest absolute Gasteiger partial charge is 0.305 e. The molecule has 0 amide bonds. The molecule has 0 radical (unpaired) electrons. The van der Waals surface area contributed by atoms with E-state index >= 15 is 0 Å². The highest BCUT2D eigenvalue weighted by atomic mass is 15.1. The van der Waals surface area contributed by atoms with Gasteiger partial charge in [-0.2, -0.15) is 21.0 Å². The lowest BCUT2D eigenvalue weighted by Gasteiger charge is -2.09. The second-order valence-electron chi connectivity index (χ2n) is 9.47. The smallest absolute Gasteiger partial charge is 0.238 e. The van der Waals surface area contributed by atoms with Crippen molar-refractivity contribution < 1.29 is 0 Å². The molecule has 0 saturated carbocycles. The van der Waals surface area contributed by atoms with Gasteiger partial charge in [0.25, 0.3) is 0 Å². The van der Waals surface area contributed by atoms with Gasteiger partial charge in [0.2, 0.25) is 5.69 Å². The standard InChI is InChI=1S/C33H7N15/c1-39-19-9-16(11-34)8-18(10-19)29-46-30(20-5-7-24-27(21(20)13-36)44-33(42-24)25(15-38)41-3)48-32(47-29)22(14-37)31-43-26-17(12-35)4-6-23(40-2)28(26)45-31/h4-10H/b31-22-,33-25+. The van der Waals surface area contributed by atoms with Crippen LogP contribution in [0.25, 0.3) is 42.9 Å². The van der Waals surface area contributed by atoms with Crippen LogP contribution in [0.5, 0.6) is 0 Å². The minimum Gasteiger partial charge on any atom is -0.238 e. The third kappa shape index (κ3) is 4.78. The molecule has 0 bridgehead atoms. The number of nitriles is 5. The number of aromatic nitrogens is 3. The minimum atomic E-state index is -0.370. The summed E-state index contributed by atoms with van der Waals surface area (Å²) in [4.78, 5) is 40.6. The van der Waals surface area contributed by atoms with Gasteiger partial charge in [-0.3, -0.25) is 0 Å². The van der Waals surface area contributed by atoms with Crippen LogP contribution in [0.1, 0.15) is 22.5 Å². The Labute approximate surface area is 269 Å². The molecule has 0 aliphatic carbocycles. The summed E-state index contributed by atoms with van der Waals surface area (Å²) in [5, 5.41) is 49.6. The molecule has 0 N–H and O–H groups in total. The zero-order chi connectivity index (χ0) is 33.9. The summed E-state index contributed by atoms with van der Waals surface area (Å²) in [7, 11) is 0. The van der Waals surface area contributed by atoms with Gasteiger partial charge in [-0.1, -0.05) is 12.1 Å². The van der Waals surface area contributed by atoms with Crippen LogP contribution in [-0.4, -0.2) is 15.0 Å². The van der Waals surface area contributed by atoms with Gasteiger partial charge in [0.1, 0.15) is 29.1 Å². The third-order valence-electron chi connectivity index (χ3n) is 6.82. The molecule has 15 nitrogen and oxygen atoms in total. The topological polar surface area (TPSA) is 220 Å². The molecule has 6 rings (SSSR count). The molecule has 4 aromatic rings. The Bertz CT molecular complexity index is 2770. The molecule has 2 aliphatic rings. The maximum Gasteiger partial charge on any atom is 0.305 e. The SMILES string of the molecule is [C-]#[N+]/C(C#N)=C1\N=c2ccc(-c3nc(/C(C#N)=C4/N=c5c(C#N)ccc([N+]#[C-])c5=N4)nc(-c4cc(C#N)cc([N+]#[C-])c4)n3)c(C#N)c2=N1. The van der Waals surface area contributed by atoms with Crippen molar-refractivity contribution in [2.75, 3.05) is 0 Å². The van der Waals surface area contributed by atoms with Crippen molar-refractivity contribution in [3.8, 4) is 53.1 Å². The van der Waals surface area contributed by atoms with Crippen LogP contribution in [0.2, 0.25) is 0 Å². The lowest BCUT2D eigenvalue weighted by atomic mass is 10.1. The molecule has 0 fully saturated rings. The average molecular weight is 614 g/mol. The predicted octanol–water partition coefficient (Wildman–Crippen LogP) is 2.93. The minimum absolute atomic E-state index is 0.0570. The van der Waals surface area contributed by atoms with Crippen LogP contribution in [0.4, 0.5) is 11.4 Å². The lowest BCUT2D eigenvalue weighted by Crippen LogP contribution is -2.25. The van der Waals surface area contributed by atoms with Gasteiger partial charge in [0.15, 0.2) is 34.8 Å². The van der Waals surface area contributed by atoms with E-state index in [1.54, 1.807) is 6.07 Å². The van der Waals surface area contributed by atoms with Crippen LogP contribution in [0.3, 0.4) is 0 Å². The van der Waals surface area contributed by atoms with E-state index in [4.69, 9.17) is 19.7 Å². The molecule has 48 heavy (non-hydrogen) atoms. The second-order valence-corrected chi connectivity index (χ2v) is 9.47. The molecule has 3 heterocycles. The van der Waals surface area contributed by atoms with E-state index in [2.05, 4.69) is 49.5 Å². The molecule has 214 valence electrons. The first-order valence-electron chi connectivity index (χ1n) is 13.1.